The van der Waals surface area contributed by atoms with E-state index in [1.54, 1.807) is 0 Å². The van der Waals surface area contributed by atoms with Crippen LogP contribution in [0.15, 0.2) is 50.6 Å². The van der Waals surface area contributed by atoms with Crippen LogP contribution in [0.1, 0.15) is 40.5 Å². The van der Waals surface area contributed by atoms with Crippen molar-refractivity contribution in [1.82, 2.24) is 21.3 Å². The van der Waals surface area contributed by atoms with E-state index in [2.05, 4.69) is 75.3 Å². The van der Waals surface area contributed by atoms with Crippen molar-refractivity contribution < 1.29 is 38.1 Å². The average molecular weight is 625 g/mol. The monoisotopic (exact) mass is 624 g/mol. The van der Waals surface area contributed by atoms with Crippen LogP contribution < -0.4 is 21.3 Å². The number of carbonyl (C=O) groups is 4. The first-order chi connectivity index (χ1) is 20.9. The van der Waals surface area contributed by atoms with E-state index in [1.165, 1.54) is 37.1 Å². The van der Waals surface area contributed by atoms with Crippen LogP contribution in [0.5, 0.6) is 0 Å². The third-order valence-electron chi connectivity index (χ3n) is 6.47. The van der Waals surface area contributed by atoms with Gasteiger partial charge >= 0.3 is 0 Å². The van der Waals surface area contributed by atoms with Crippen molar-refractivity contribution in [3.63, 3.8) is 0 Å². The molecule has 0 aromatic rings. The van der Waals surface area contributed by atoms with Gasteiger partial charge in [0.05, 0.1) is 58.3 Å². The minimum atomic E-state index is -0.768. The highest BCUT2D eigenvalue weighted by atomic mass is 16.5. The maximum atomic E-state index is 11.3. The Morgan fingerprint density at radius 1 is 0.523 bits per heavy atom. The maximum absolute atomic E-state index is 11.3. The van der Waals surface area contributed by atoms with Gasteiger partial charge < -0.3 is 40.2 Å². The van der Waals surface area contributed by atoms with Gasteiger partial charge in [-0.3, -0.25) is 19.2 Å². The molecule has 12 heteroatoms. The molecule has 0 aromatic heterocycles. The highest BCUT2D eigenvalue weighted by Gasteiger charge is 2.32. The molecule has 0 saturated heterocycles. The van der Waals surface area contributed by atoms with E-state index in [0.717, 1.165) is 0 Å². The smallest absolute Gasteiger partial charge is 0.243 e. The highest BCUT2D eigenvalue weighted by molar-refractivity contribution is 5.87. The van der Waals surface area contributed by atoms with Gasteiger partial charge in [-0.05, 0) is 29.7 Å². The molecule has 0 aliphatic carbocycles. The van der Waals surface area contributed by atoms with Gasteiger partial charge in [0.1, 0.15) is 0 Å². The summed E-state index contributed by atoms with van der Waals surface area (Å²) in [5, 5.41) is 10.5. The fourth-order valence-corrected chi connectivity index (χ4v) is 2.93. The van der Waals surface area contributed by atoms with E-state index in [9.17, 15) is 19.2 Å². The number of carbonyl (C=O) groups excluding carboxylic acids is 4. The minimum Gasteiger partial charge on any atom is -0.379 e. The molecule has 0 unspecified atom stereocenters. The van der Waals surface area contributed by atoms with Crippen LogP contribution in [0.25, 0.3) is 0 Å². The zero-order chi connectivity index (χ0) is 33.7. The Morgan fingerprint density at radius 3 is 0.909 bits per heavy atom. The van der Waals surface area contributed by atoms with Crippen molar-refractivity contribution in [2.24, 2.45) is 10.8 Å². The van der Waals surface area contributed by atoms with Crippen LogP contribution in [-0.2, 0) is 38.1 Å². The zero-order valence-electron chi connectivity index (χ0n) is 27.3. The molecule has 0 spiro atoms. The van der Waals surface area contributed by atoms with Gasteiger partial charge in [-0.15, -0.1) is 0 Å². The summed E-state index contributed by atoms with van der Waals surface area (Å²) < 4.78 is 23.2. The van der Waals surface area contributed by atoms with E-state index in [1.807, 2.05) is 0 Å². The first-order valence-electron chi connectivity index (χ1n) is 14.9. The lowest BCUT2D eigenvalue weighted by Gasteiger charge is -2.33. The molecule has 0 saturated carbocycles. The predicted octanol–water partition coefficient (Wildman–Crippen LogP) is 2.08. The zero-order valence-corrected chi connectivity index (χ0v) is 27.3. The van der Waals surface area contributed by atoms with E-state index >= 15 is 0 Å². The number of nitrogens with one attached hydrogen (secondary N) is 4. The van der Waals surface area contributed by atoms with Crippen molar-refractivity contribution in [3.8, 4) is 0 Å². The lowest BCUT2D eigenvalue weighted by atomic mass is 9.88. The van der Waals surface area contributed by atoms with Crippen LogP contribution in [0, 0.1) is 10.8 Å². The molecule has 4 N–H and O–H groups in total. The van der Waals surface area contributed by atoms with Crippen LogP contribution >= 0.6 is 0 Å². The summed E-state index contributed by atoms with van der Waals surface area (Å²) >= 11 is 0. The Balaban J connectivity index is 0. The highest BCUT2D eigenvalue weighted by Crippen LogP contribution is 2.23. The second-order valence-corrected chi connectivity index (χ2v) is 10.6. The van der Waals surface area contributed by atoms with Gasteiger partial charge in [0.25, 0.3) is 0 Å². The lowest BCUT2D eigenvalue weighted by Crippen LogP contribution is -2.44. The summed E-state index contributed by atoms with van der Waals surface area (Å²) in [4.78, 5) is 45.3. The summed E-state index contributed by atoms with van der Waals surface area (Å²) in [5.74, 6) is -1.24. The molecule has 0 aliphatic heterocycles. The van der Waals surface area contributed by atoms with Crippen molar-refractivity contribution >= 4 is 23.6 Å². The molecule has 0 bridgehead atoms. The van der Waals surface area contributed by atoms with Crippen molar-refractivity contribution in [1.29, 1.82) is 0 Å². The van der Waals surface area contributed by atoms with E-state index < -0.39 is 5.41 Å². The van der Waals surface area contributed by atoms with Gasteiger partial charge in [0, 0.05) is 26.2 Å². The molecular weight excluding hydrogens is 568 g/mol. The summed E-state index contributed by atoms with van der Waals surface area (Å²) in [5.41, 5.74) is -0.185. The average Bonchev–Trinajstić information content (AvgIpc) is 3.03. The lowest BCUT2D eigenvalue weighted by molar-refractivity contribution is -0.118. The van der Waals surface area contributed by atoms with Gasteiger partial charge in [0.2, 0.25) is 23.6 Å². The Hall–Kier alpha value is -3.32. The number of ether oxygens (including phenoxy) is 4. The molecule has 12 nitrogen and oxygen atoms in total. The first kappa shape index (κ1) is 42.8. The largest absolute Gasteiger partial charge is 0.379 e. The second-order valence-electron chi connectivity index (χ2n) is 10.6. The van der Waals surface area contributed by atoms with Gasteiger partial charge in [-0.1, -0.05) is 66.9 Å². The third-order valence-corrected chi connectivity index (χ3v) is 6.47. The first-order valence-corrected chi connectivity index (χ1v) is 14.9. The summed E-state index contributed by atoms with van der Waals surface area (Å²) in [6.45, 7) is 25.3. The van der Waals surface area contributed by atoms with E-state index in [-0.39, 0.29) is 103 Å². The van der Waals surface area contributed by atoms with Crippen LogP contribution in [-0.4, -0.2) is 103 Å². The van der Waals surface area contributed by atoms with Gasteiger partial charge in [0.15, 0.2) is 0 Å². The van der Waals surface area contributed by atoms with Crippen LogP contribution in [0.2, 0.25) is 0 Å². The Morgan fingerprint density at radius 2 is 0.750 bits per heavy atom. The maximum Gasteiger partial charge on any atom is 0.243 e. The number of rotatable bonds is 26. The molecule has 0 aromatic carbocycles. The van der Waals surface area contributed by atoms with Crippen molar-refractivity contribution in [2.45, 2.75) is 40.5 Å². The van der Waals surface area contributed by atoms with E-state index in [0.29, 0.717) is 5.41 Å². The summed E-state index contributed by atoms with van der Waals surface area (Å²) in [6, 6.07) is 0. The molecular formula is C32H56N4O8. The molecule has 0 heterocycles. The molecule has 4 amide bonds. The SMILES string of the molecule is C=CC(=O)NCCOCC(COCCNC(=O)C=C)(COCCNC(=O)C=C)COCCNC(=O)C=C.CCC(C)(C)CC. The van der Waals surface area contributed by atoms with Gasteiger partial charge in [-0.2, -0.15) is 0 Å². The van der Waals surface area contributed by atoms with Crippen LogP contribution in [0.3, 0.4) is 0 Å². The van der Waals surface area contributed by atoms with E-state index in [4.69, 9.17) is 18.9 Å². The van der Waals surface area contributed by atoms with Crippen LogP contribution in [0.4, 0.5) is 0 Å². The van der Waals surface area contributed by atoms with Gasteiger partial charge in [-0.25, -0.2) is 0 Å². The third kappa shape index (κ3) is 25.2. The summed E-state index contributed by atoms with van der Waals surface area (Å²) in [7, 11) is 0. The van der Waals surface area contributed by atoms with Crippen molar-refractivity contribution in [2.75, 3.05) is 79.0 Å². The second kappa shape index (κ2) is 27.2. The molecule has 0 radical (unpaired) electrons. The molecule has 252 valence electrons. The standard InChI is InChI=1S/C25H40N4O8.C7H16/c1-5-21(30)26-9-13-34-17-25(18-35-14-10-27-22(31)6-2,19-36-15-11-28-23(32)7-3)20-37-16-12-29-24(33)8-4;1-5-7(3,4)6-2/h5-8H,1-4,9-20H2,(H,26,30)(H,27,31)(H,28,32)(H,29,33);5-6H2,1-4H3. The minimum absolute atomic E-state index is 0.161. The predicted molar refractivity (Wildman–Crippen MR) is 173 cm³/mol. The fraction of sp³-hybridized carbons (Fsp3) is 0.625. The number of amides is 4. The van der Waals surface area contributed by atoms with Crippen molar-refractivity contribution in [3.05, 3.63) is 50.6 Å². The molecule has 44 heavy (non-hydrogen) atoms. The molecule has 0 atom stereocenters. The molecule has 0 rings (SSSR count). The Kier molecular flexibility index (Phi) is 26.5. The topological polar surface area (TPSA) is 153 Å². The molecule has 0 aliphatic rings. The fourth-order valence-electron chi connectivity index (χ4n) is 2.93. The number of hydrogen-bond donors (Lipinski definition) is 4. The number of hydrogen-bond acceptors (Lipinski definition) is 8. The normalized spacial score (nSPS) is 10.8. The Labute approximate surface area is 264 Å². The molecule has 0 fully saturated rings. The summed E-state index contributed by atoms with van der Waals surface area (Å²) in [6.07, 6.45) is 7.26. The quantitative estimate of drug-likeness (QED) is 0.0843. The Bertz CT molecular complexity index is 745.